The number of rotatable bonds is 4. The molecule has 2 aliphatic heterocycles. The van der Waals surface area contributed by atoms with Crippen LogP contribution in [-0.2, 0) is 0 Å². The molecule has 3 heterocycles. The van der Waals surface area contributed by atoms with Crippen molar-refractivity contribution in [3.8, 4) is 11.5 Å². The van der Waals surface area contributed by atoms with Gasteiger partial charge in [0.2, 0.25) is 0 Å². The molecule has 1 atom stereocenters. The van der Waals surface area contributed by atoms with E-state index in [-0.39, 0.29) is 24.4 Å². The van der Waals surface area contributed by atoms with Crippen molar-refractivity contribution >= 4 is 18.3 Å². The summed E-state index contributed by atoms with van der Waals surface area (Å²) in [6.45, 7) is 2.85. The first-order valence-electron chi connectivity index (χ1n) is 8.85. The van der Waals surface area contributed by atoms with Crippen LogP contribution in [0.2, 0.25) is 0 Å². The van der Waals surface area contributed by atoms with Gasteiger partial charge in [0.05, 0.1) is 6.54 Å². The number of fused-ring (bicyclic) bond motifs is 1. The molecule has 0 saturated carbocycles. The molecular weight excluding hydrogens is 354 g/mol. The smallest absolute Gasteiger partial charge is 0.268 e. The topological polar surface area (TPSA) is 64.5 Å². The van der Waals surface area contributed by atoms with Gasteiger partial charge in [0.15, 0.2) is 11.5 Å². The zero-order valence-electron chi connectivity index (χ0n) is 14.5. The third-order valence-electron chi connectivity index (χ3n) is 4.77. The van der Waals surface area contributed by atoms with Gasteiger partial charge in [-0.15, -0.1) is 12.4 Å². The third kappa shape index (κ3) is 3.97. The van der Waals surface area contributed by atoms with Crippen LogP contribution in [0.1, 0.15) is 29.4 Å². The first kappa shape index (κ1) is 18.6. The molecule has 2 aliphatic rings. The molecule has 2 aromatic rings. The molecule has 1 amide bonds. The van der Waals surface area contributed by atoms with Gasteiger partial charge in [0.25, 0.3) is 5.91 Å². The molecule has 4 rings (SSSR count). The maximum absolute atomic E-state index is 12.6. The Hall–Kier alpha value is -2.18. The van der Waals surface area contributed by atoms with Crippen LogP contribution in [0.3, 0.4) is 0 Å². The Morgan fingerprint density at radius 1 is 1.15 bits per heavy atom. The van der Waals surface area contributed by atoms with Crippen molar-refractivity contribution in [2.45, 2.75) is 25.0 Å². The molecule has 0 aliphatic carbocycles. The summed E-state index contributed by atoms with van der Waals surface area (Å²) in [7, 11) is 0. The third-order valence-corrected chi connectivity index (χ3v) is 4.77. The van der Waals surface area contributed by atoms with E-state index >= 15 is 0 Å². The fraction of sp³-hybridized carbons (Fsp3) is 0.421. The normalized spacial score (nSPS) is 19.5. The summed E-state index contributed by atoms with van der Waals surface area (Å²) in [5.41, 5.74) is 0.712. The summed E-state index contributed by atoms with van der Waals surface area (Å²) in [5.74, 6) is 1.42. The molecule has 2 N–H and O–H groups in total. The maximum Gasteiger partial charge on any atom is 0.268 e. The molecule has 7 heteroatoms. The maximum atomic E-state index is 12.6. The van der Waals surface area contributed by atoms with Crippen molar-refractivity contribution in [3.63, 3.8) is 0 Å². The lowest BCUT2D eigenvalue weighted by molar-refractivity contribution is 0.0782. The van der Waals surface area contributed by atoms with Gasteiger partial charge in [-0.1, -0.05) is 12.1 Å². The number of para-hydroxylation sites is 2. The van der Waals surface area contributed by atoms with Crippen LogP contribution >= 0.6 is 12.4 Å². The van der Waals surface area contributed by atoms with E-state index in [0.29, 0.717) is 24.9 Å². The average molecular weight is 378 g/mol. The molecule has 1 unspecified atom stereocenters. The number of halogens is 1. The molecule has 6 nitrogen and oxygen atoms in total. The van der Waals surface area contributed by atoms with Gasteiger partial charge in [-0.05, 0) is 50.2 Å². The second kappa shape index (κ2) is 8.47. The van der Waals surface area contributed by atoms with Crippen molar-refractivity contribution in [2.24, 2.45) is 0 Å². The molecule has 140 valence electrons. The van der Waals surface area contributed by atoms with E-state index in [1.54, 1.807) is 0 Å². The van der Waals surface area contributed by atoms with Gasteiger partial charge in [-0.3, -0.25) is 4.79 Å². The minimum Gasteiger partial charge on any atom is -0.486 e. The van der Waals surface area contributed by atoms with Crippen LogP contribution in [0.4, 0.5) is 0 Å². The molecule has 1 saturated heterocycles. The zero-order valence-corrected chi connectivity index (χ0v) is 15.3. The van der Waals surface area contributed by atoms with Gasteiger partial charge < -0.3 is 24.7 Å². The van der Waals surface area contributed by atoms with Crippen LogP contribution in [0, 0.1) is 0 Å². The number of aromatic nitrogens is 1. The van der Waals surface area contributed by atoms with Crippen molar-refractivity contribution in [2.75, 3.05) is 26.2 Å². The van der Waals surface area contributed by atoms with Crippen LogP contribution in [-0.4, -0.2) is 42.8 Å². The Morgan fingerprint density at radius 2 is 1.92 bits per heavy atom. The molecule has 0 radical (unpaired) electrons. The van der Waals surface area contributed by atoms with Crippen LogP contribution in [0.5, 0.6) is 11.5 Å². The predicted octanol–water partition coefficient (Wildman–Crippen LogP) is 2.40. The lowest BCUT2D eigenvalue weighted by Gasteiger charge is -2.27. The second-order valence-corrected chi connectivity index (χ2v) is 6.49. The van der Waals surface area contributed by atoms with Crippen molar-refractivity contribution in [3.05, 3.63) is 48.3 Å². The highest BCUT2D eigenvalue weighted by Crippen LogP contribution is 2.30. The van der Waals surface area contributed by atoms with E-state index in [2.05, 4.69) is 15.2 Å². The fourth-order valence-electron chi connectivity index (χ4n) is 3.45. The molecule has 26 heavy (non-hydrogen) atoms. The highest BCUT2D eigenvalue weighted by Gasteiger charge is 2.23. The minimum atomic E-state index is -0.179. The predicted molar refractivity (Wildman–Crippen MR) is 102 cm³/mol. The molecule has 1 aromatic carbocycles. The molecular formula is C19H24ClN3O3. The largest absolute Gasteiger partial charge is 0.486 e. The molecule has 1 fully saturated rings. The van der Waals surface area contributed by atoms with Crippen molar-refractivity contribution in [1.29, 1.82) is 0 Å². The Morgan fingerprint density at radius 3 is 2.73 bits per heavy atom. The first-order chi connectivity index (χ1) is 12.3. The van der Waals surface area contributed by atoms with Gasteiger partial charge in [-0.25, -0.2) is 0 Å². The fourth-order valence-corrected chi connectivity index (χ4v) is 3.45. The van der Waals surface area contributed by atoms with Crippen molar-refractivity contribution in [1.82, 2.24) is 15.2 Å². The SMILES string of the molecule is Cl.O=C(NCC1COc2ccccc2O1)c1cccn1C1CCNCC1. The summed E-state index contributed by atoms with van der Waals surface area (Å²) in [6, 6.07) is 11.8. The van der Waals surface area contributed by atoms with E-state index in [9.17, 15) is 4.79 Å². The van der Waals surface area contributed by atoms with E-state index in [1.165, 1.54) is 0 Å². The van der Waals surface area contributed by atoms with Gasteiger partial charge >= 0.3 is 0 Å². The number of benzene rings is 1. The standard InChI is InChI=1S/C19H23N3O3.ClH/c23-19(16-4-3-11-22(16)14-7-9-20-10-8-14)21-12-15-13-24-17-5-1-2-6-18(17)25-15;/h1-6,11,14-15,20H,7-10,12-13H2,(H,21,23);1H. The quantitative estimate of drug-likeness (QED) is 0.858. The van der Waals surface area contributed by atoms with E-state index in [1.807, 2.05) is 42.6 Å². The highest BCUT2D eigenvalue weighted by molar-refractivity contribution is 5.92. The number of hydrogen-bond donors (Lipinski definition) is 2. The Bertz CT molecular complexity index is 743. The Balaban J connectivity index is 0.00000196. The van der Waals surface area contributed by atoms with E-state index in [4.69, 9.17) is 9.47 Å². The molecule has 0 spiro atoms. The molecule has 1 aromatic heterocycles. The number of nitrogens with one attached hydrogen (secondary N) is 2. The van der Waals surface area contributed by atoms with Gasteiger partial charge in [0, 0.05) is 12.2 Å². The summed E-state index contributed by atoms with van der Waals surface area (Å²) >= 11 is 0. The Labute approximate surface area is 159 Å². The number of hydrogen-bond acceptors (Lipinski definition) is 4. The van der Waals surface area contributed by atoms with E-state index in [0.717, 1.165) is 37.4 Å². The number of carbonyl (C=O) groups is 1. The van der Waals surface area contributed by atoms with Crippen LogP contribution in [0.15, 0.2) is 42.6 Å². The number of ether oxygens (including phenoxy) is 2. The first-order valence-corrected chi connectivity index (χ1v) is 8.85. The number of amides is 1. The lowest BCUT2D eigenvalue weighted by Crippen LogP contribution is -2.41. The summed E-state index contributed by atoms with van der Waals surface area (Å²) in [5, 5.41) is 6.34. The molecule has 0 bridgehead atoms. The van der Waals surface area contributed by atoms with Crippen molar-refractivity contribution < 1.29 is 14.3 Å². The summed E-state index contributed by atoms with van der Waals surface area (Å²) in [4.78, 5) is 12.6. The van der Waals surface area contributed by atoms with Crippen LogP contribution < -0.4 is 20.1 Å². The average Bonchev–Trinajstić information content (AvgIpc) is 3.16. The second-order valence-electron chi connectivity index (χ2n) is 6.49. The number of nitrogens with zero attached hydrogens (tertiary/aromatic N) is 1. The van der Waals surface area contributed by atoms with Crippen LogP contribution in [0.25, 0.3) is 0 Å². The van der Waals surface area contributed by atoms with Gasteiger partial charge in [-0.2, -0.15) is 0 Å². The number of piperidine rings is 1. The van der Waals surface area contributed by atoms with E-state index < -0.39 is 0 Å². The monoisotopic (exact) mass is 377 g/mol. The lowest BCUT2D eigenvalue weighted by atomic mass is 10.1. The number of carbonyl (C=O) groups excluding carboxylic acids is 1. The van der Waals surface area contributed by atoms with Gasteiger partial charge in [0.1, 0.15) is 18.4 Å². The zero-order chi connectivity index (χ0) is 17.1. The summed E-state index contributed by atoms with van der Waals surface area (Å²) < 4.78 is 13.7. The summed E-state index contributed by atoms with van der Waals surface area (Å²) in [6.07, 6.45) is 3.92. The highest BCUT2D eigenvalue weighted by atomic mass is 35.5. The minimum absolute atomic E-state index is 0. The Kier molecular flexibility index (Phi) is 6.06.